The number of ether oxygens (including phenoxy) is 6. The van der Waals surface area contributed by atoms with E-state index < -0.39 is 11.9 Å². The Morgan fingerprint density at radius 2 is 1.02 bits per heavy atom. The highest BCUT2D eigenvalue weighted by Crippen LogP contribution is 2.32. The lowest BCUT2D eigenvalue weighted by Gasteiger charge is -2.14. The Labute approximate surface area is 300 Å². The molecule has 0 radical (unpaired) electrons. The molecule has 0 amide bonds. The first-order valence-electron chi connectivity index (χ1n) is 16.8. The predicted octanol–water partition coefficient (Wildman–Crippen LogP) is 7.09. The van der Waals surface area contributed by atoms with Crippen molar-refractivity contribution in [2.75, 3.05) is 67.5 Å². The van der Waals surface area contributed by atoms with Crippen LogP contribution in [-0.4, -0.2) is 79.4 Å². The van der Waals surface area contributed by atoms with Gasteiger partial charge in [-0.15, -0.1) is 0 Å². The Morgan fingerprint density at radius 3 is 1.49 bits per heavy atom. The number of hydrogen-bond acceptors (Lipinski definition) is 9. The van der Waals surface area contributed by atoms with Crippen molar-refractivity contribution in [3.8, 4) is 44.9 Å². The van der Waals surface area contributed by atoms with Crippen LogP contribution in [0.4, 0.5) is 0 Å². The van der Waals surface area contributed by atoms with E-state index in [2.05, 4.69) is 60.9 Å². The summed E-state index contributed by atoms with van der Waals surface area (Å²) in [5.74, 6) is 0.415. The van der Waals surface area contributed by atoms with Gasteiger partial charge in [-0.25, -0.2) is 9.59 Å². The minimum absolute atomic E-state index is 0.123. The van der Waals surface area contributed by atoms with Crippen molar-refractivity contribution < 1.29 is 38.0 Å². The zero-order chi connectivity index (χ0) is 36.4. The molecule has 4 aromatic rings. The molecule has 1 N–H and O–H groups in total. The molecule has 0 bridgehead atoms. The predicted molar refractivity (Wildman–Crippen MR) is 200 cm³/mol. The van der Waals surface area contributed by atoms with Gasteiger partial charge in [0.25, 0.3) is 0 Å². The van der Waals surface area contributed by atoms with E-state index in [0.29, 0.717) is 11.5 Å². The molecule has 0 saturated carbocycles. The van der Waals surface area contributed by atoms with Crippen LogP contribution >= 0.6 is 0 Å². The highest BCUT2D eigenvalue weighted by atomic mass is 16.6. The summed E-state index contributed by atoms with van der Waals surface area (Å²) in [6, 6.07) is 31.0. The van der Waals surface area contributed by atoms with Crippen LogP contribution in [-0.2, 0) is 35.0 Å². The summed E-state index contributed by atoms with van der Waals surface area (Å²) in [7, 11) is 4.97. The fourth-order valence-corrected chi connectivity index (χ4v) is 5.31. The van der Waals surface area contributed by atoms with Gasteiger partial charge in [-0.05, 0) is 89.6 Å². The smallest absolute Gasteiger partial charge is 0.335 e. The van der Waals surface area contributed by atoms with E-state index in [1.54, 1.807) is 0 Å². The molecule has 4 aromatic carbocycles. The fraction of sp³-hybridized carbons (Fsp3) is 0.286. The SMILES string of the molecule is C=C(COC)C(=O)OCCOc1ccc(-c2ccc(-c3ccc(-c4ccc(OCCOC(=O)C(=C)COC)cc4)cc3CCCNC)cc2)cc1. The van der Waals surface area contributed by atoms with E-state index in [4.69, 9.17) is 28.4 Å². The Bertz CT molecular complexity index is 1730. The lowest BCUT2D eigenvalue weighted by molar-refractivity contribution is -0.141. The summed E-state index contributed by atoms with van der Waals surface area (Å²) in [6.45, 7) is 9.21. The number of hydrogen-bond donors (Lipinski definition) is 1. The van der Waals surface area contributed by atoms with Crippen LogP contribution < -0.4 is 14.8 Å². The standard InChI is InChI=1S/C42H47NO8/c1-30(28-46-4)41(44)50-25-23-48-38-17-12-33(13-18-38)32-8-10-35(11-9-32)40-21-16-36(27-37(40)7-6-22-43-3)34-14-19-39(20-15-34)49-24-26-51-42(45)31(2)29-47-5/h8-21,27,43H,1-2,6-7,22-26,28-29H2,3-5H3. The molecule has 0 spiro atoms. The number of methoxy groups -OCH3 is 2. The van der Waals surface area contributed by atoms with Crippen LogP contribution in [0.1, 0.15) is 12.0 Å². The summed E-state index contributed by atoms with van der Waals surface area (Å²) in [5, 5.41) is 3.26. The summed E-state index contributed by atoms with van der Waals surface area (Å²) in [5.41, 5.74) is 8.57. The van der Waals surface area contributed by atoms with Gasteiger partial charge in [-0.3, -0.25) is 0 Å². The molecule has 9 heteroatoms. The van der Waals surface area contributed by atoms with E-state index in [1.165, 1.54) is 25.3 Å². The van der Waals surface area contributed by atoms with Crippen LogP contribution in [0.3, 0.4) is 0 Å². The van der Waals surface area contributed by atoms with Crippen LogP contribution in [0, 0.1) is 0 Å². The van der Waals surface area contributed by atoms with Gasteiger partial charge < -0.3 is 33.7 Å². The second-order valence-corrected chi connectivity index (χ2v) is 11.7. The van der Waals surface area contributed by atoms with Crippen molar-refractivity contribution >= 4 is 11.9 Å². The molecule has 0 heterocycles. The molecule has 268 valence electrons. The van der Waals surface area contributed by atoms with Gasteiger partial charge in [0.05, 0.1) is 24.4 Å². The van der Waals surface area contributed by atoms with Crippen molar-refractivity contribution in [1.82, 2.24) is 5.32 Å². The number of carbonyl (C=O) groups is 2. The molecular weight excluding hydrogens is 646 g/mol. The van der Waals surface area contributed by atoms with E-state index in [1.807, 2.05) is 55.6 Å². The van der Waals surface area contributed by atoms with Crippen molar-refractivity contribution in [2.45, 2.75) is 12.8 Å². The van der Waals surface area contributed by atoms with Crippen molar-refractivity contribution in [3.63, 3.8) is 0 Å². The Kier molecular flexibility index (Phi) is 15.5. The van der Waals surface area contributed by atoms with Crippen molar-refractivity contribution in [1.29, 1.82) is 0 Å². The number of rotatable bonds is 21. The summed E-state index contributed by atoms with van der Waals surface area (Å²) in [4.78, 5) is 23.7. The second-order valence-electron chi connectivity index (χ2n) is 11.7. The van der Waals surface area contributed by atoms with Gasteiger partial charge in [0.15, 0.2) is 0 Å². The molecule has 0 saturated heterocycles. The lowest BCUT2D eigenvalue weighted by Crippen LogP contribution is -2.15. The van der Waals surface area contributed by atoms with Gasteiger partial charge in [0.1, 0.15) is 37.9 Å². The largest absolute Gasteiger partial charge is 0.490 e. The van der Waals surface area contributed by atoms with Crippen molar-refractivity contribution in [2.24, 2.45) is 0 Å². The van der Waals surface area contributed by atoms with E-state index >= 15 is 0 Å². The number of aryl methyl sites for hydroxylation is 1. The molecule has 0 atom stereocenters. The van der Waals surface area contributed by atoms with Crippen molar-refractivity contribution in [3.05, 3.63) is 121 Å². The van der Waals surface area contributed by atoms with E-state index in [0.717, 1.165) is 47.2 Å². The molecule has 0 aliphatic heterocycles. The maximum Gasteiger partial charge on any atom is 0.335 e. The Hall–Kier alpha value is -5.22. The third-order valence-electron chi connectivity index (χ3n) is 7.93. The first-order chi connectivity index (χ1) is 24.8. The van der Waals surface area contributed by atoms with Gasteiger partial charge in [0.2, 0.25) is 0 Å². The average molecular weight is 694 g/mol. The summed E-state index contributed by atoms with van der Waals surface area (Å²) < 4.78 is 31.6. The normalized spacial score (nSPS) is 10.7. The average Bonchev–Trinajstić information content (AvgIpc) is 3.16. The molecule has 0 aromatic heterocycles. The number of nitrogens with one attached hydrogen (secondary N) is 1. The third kappa shape index (κ3) is 12.0. The van der Waals surface area contributed by atoms with Gasteiger partial charge in [-0.1, -0.05) is 79.9 Å². The Morgan fingerprint density at radius 1 is 0.588 bits per heavy atom. The molecule has 0 unspecified atom stereocenters. The second kappa shape index (κ2) is 20.5. The van der Waals surface area contributed by atoms with E-state index in [-0.39, 0.29) is 50.8 Å². The number of esters is 2. The van der Waals surface area contributed by atoms with Crippen LogP contribution in [0.5, 0.6) is 11.5 Å². The highest BCUT2D eigenvalue weighted by molar-refractivity contribution is 5.88. The zero-order valence-corrected chi connectivity index (χ0v) is 29.7. The minimum atomic E-state index is -0.488. The number of carbonyl (C=O) groups excluding carboxylic acids is 2. The molecule has 9 nitrogen and oxygen atoms in total. The summed E-state index contributed by atoms with van der Waals surface area (Å²) >= 11 is 0. The molecule has 4 rings (SSSR count). The zero-order valence-electron chi connectivity index (χ0n) is 29.7. The maximum absolute atomic E-state index is 11.8. The Balaban J connectivity index is 1.37. The van der Waals surface area contributed by atoms with Gasteiger partial charge >= 0.3 is 11.9 Å². The first-order valence-corrected chi connectivity index (χ1v) is 16.8. The molecule has 0 aliphatic rings. The highest BCUT2D eigenvalue weighted by Gasteiger charge is 2.11. The van der Waals surface area contributed by atoms with Gasteiger partial charge in [-0.2, -0.15) is 0 Å². The topological polar surface area (TPSA) is 102 Å². The monoisotopic (exact) mass is 693 g/mol. The van der Waals surface area contributed by atoms with Crippen LogP contribution in [0.25, 0.3) is 33.4 Å². The molecular formula is C42H47NO8. The van der Waals surface area contributed by atoms with Gasteiger partial charge in [0, 0.05) is 14.2 Å². The quantitative estimate of drug-likeness (QED) is 0.0557. The molecule has 0 fully saturated rings. The minimum Gasteiger partial charge on any atom is -0.490 e. The van der Waals surface area contributed by atoms with Crippen LogP contribution in [0.2, 0.25) is 0 Å². The third-order valence-corrected chi connectivity index (χ3v) is 7.93. The first kappa shape index (κ1) is 38.6. The molecule has 51 heavy (non-hydrogen) atoms. The lowest BCUT2D eigenvalue weighted by atomic mass is 9.91. The van der Waals surface area contributed by atoms with E-state index in [9.17, 15) is 9.59 Å². The number of benzene rings is 4. The fourth-order valence-electron chi connectivity index (χ4n) is 5.31. The molecule has 0 aliphatic carbocycles. The van der Waals surface area contributed by atoms with Crippen LogP contribution in [0.15, 0.2) is 115 Å². The maximum atomic E-state index is 11.8. The summed E-state index contributed by atoms with van der Waals surface area (Å²) in [6.07, 6.45) is 1.95.